The molecule has 2 aromatic rings. The van der Waals surface area contributed by atoms with Crippen molar-refractivity contribution < 1.29 is 23.8 Å². The van der Waals surface area contributed by atoms with E-state index in [0.29, 0.717) is 27.8 Å². The Balaban J connectivity index is 1.86. The molecule has 0 radical (unpaired) electrons. The molecule has 0 bridgehead atoms. The highest BCUT2D eigenvalue weighted by Crippen LogP contribution is 2.27. The van der Waals surface area contributed by atoms with Crippen LogP contribution in [0.15, 0.2) is 42.5 Å². The molecule has 0 spiro atoms. The molecule has 0 aliphatic heterocycles. The quantitative estimate of drug-likeness (QED) is 0.731. The summed E-state index contributed by atoms with van der Waals surface area (Å²) < 4.78 is 15.5. The van der Waals surface area contributed by atoms with E-state index in [1.807, 2.05) is 6.07 Å². The first-order valence-electron chi connectivity index (χ1n) is 7.89. The van der Waals surface area contributed by atoms with Crippen LogP contribution in [0.4, 0.5) is 5.69 Å². The third kappa shape index (κ3) is 5.90. The van der Waals surface area contributed by atoms with Gasteiger partial charge in [-0.15, -0.1) is 0 Å². The van der Waals surface area contributed by atoms with Gasteiger partial charge in [-0.05, 0) is 49.4 Å². The van der Waals surface area contributed by atoms with Crippen molar-refractivity contribution >= 4 is 29.2 Å². The number of anilines is 1. The second kappa shape index (κ2) is 9.46. The normalized spacial score (nSPS) is 11.0. The number of amides is 1. The van der Waals surface area contributed by atoms with Crippen molar-refractivity contribution in [1.82, 2.24) is 0 Å². The number of ether oxygens (including phenoxy) is 3. The SMILES string of the molecule is COc1ccc(Cl)cc1NC(=O)COC(=O)[C@@H](C)Oc1ccc(C#N)cc1. The summed E-state index contributed by atoms with van der Waals surface area (Å²) >= 11 is 5.90. The zero-order chi connectivity index (χ0) is 19.8. The molecule has 1 N–H and O–H groups in total. The second-order valence-electron chi connectivity index (χ2n) is 5.40. The van der Waals surface area contributed by atoms with E-state index in [0.717, 1.165) is 0 Å². The molecule has 1 atom stereocenters. The minimum Gasteiger partial charge on any atom is -0.495 e. The third-order valence-corrected chi connectivity index (χ3v) is 3.64. The Bertz CT molecular complexity index is 861. The number of benzene rings is 2. The van der Waals surface area contributed by atoms with Crippen LogP contribution in [-0.2, 0) is 14.3 Å². The molecule has 0 aliphatic rings. The van der Waals surface area contributed by atoms with E-state index in [4.69, 9.17) is 31.1 Å². The number of nitrogens with one attached hydrogen (secondary N) is 1. The van der Waals surface area contributed by atoms with E-state index in [9.17, 15) is 9.59 Å². The Morgan fingerprint density at radius 1 is 1.22 bits per heavy atom. The van der Waals surface area contributed by atoms with Gasteiger partial charge in [0.1, 0.15) is 11.5 Å². The fourth-order valence-corrected chi connectivity index (χ4v) is 2.25. The molecule has 1 amide bonds. The van der Waals surface area contributed by atoms with Crippen molar-refractivity contribution in [2.24, 2.45) is 0 Å². The van der Waals surface area contributed by atoms with Crippen LogP contribution in [0.25, 0.3) is 0 Å². The number of halogens is 1. The summed E-state index contributed by atoms with van der Waals surface area (Å²) in [6.45, 7) is 1.01. The maximum absolute atomic E-state index is 12.0. The fourth-order valence-electron chi connectivity index (χ4n) is 2.08. The smallest absolute Gasteiger partial charge is 0.347 e. The van der Waals surface area contributed by atoms with Crippen LogP contribution in [0.3, 0.4) is 0 Å². The van der Waals surface area contributed by atoms with Crippen LogP contribution >= 0.6 is 11.6 Å². The molecule has 7 nitrogen and oxygen atoms in total. The number of nitrogens with zero attached hydrogens (tertiary/aromatic N) is 1. The molecule has 27 heavy (non-hydrogen) atoms. The lowest BCUT2D eigenvalue weighted by Crippen LogP contribution is -2.29. The topological polar surface area (TPSA) is 97.7 Å². The van der Waals surface area contributed by atoms with Gasteiger partial charge in [0.2, 0.25) is 0 Å². The van der Waals surface area contributed by atoms with Crippen molar-refractivity contribution in [3.8, 4) is 17.6 Å². The zero-order valence-electron chi connectivity index (χ0n) is 14.7. The Morgan fingerprint density at radius 2 is 1.93 bits per heavy atom. The number of carbonyl (C=O) groups is 2. The van der Waals surface area contributed by atoms with Crippen LogP contribution in [0, 0.1) is 11.3 Å². The standard InChI is InChI=1S/C19H17ClN2O5/c1-12(27-15-6-3-13(10-21)4-7-15)19(24)26-11-18(23)22-16-9-14(20)5-8-17(16)25-2/h3-9,12H,11H2,1-2H3,(H,22,23)/t12-/m1/s1. The highest BCUT2D eigenvalue weighted by molar-refractivity contribution is 6.31. The Morgan fingerprint density at radius 3 is 2.56 bits per heavy atom. The van der Waals surface area contributed by atoms with E-state index in [1.54, 1.807) is 36.4 Å². The van der Waals surface area contributed by atoms with Gasteiger partial charge in [-0.2, -0.15) is 5.26 Å². The molecule has 8 heteroatoms. The average molecular weight is 389 g/mol. The average Bonchev–Trinajstić information content (AvgIpc) is 2.66. The number of carbonyl (C=O) groups excluding carboxylic acids is 2. The number of rotatable bonds is 7. The summed E-state index contributed by atoms with van der Waals surface area (Å²) in [5.74, 6) is -0.412. The summed E-state index contributed by atoms with van der Waals surface area (Å²) in [4.78, 5) is 24.0. The third-order valence-electron chi connectivity index (χ3n) is 3.41. The second-order valence-corrected chi connectivity index (χ2v) is 5.83. The summed E-state index contributed by atoms with van der Waals surface area (Å²) in [6, 6.07) is 13.0. The maximum atomic E-state index is 12.0. The summed E-state index contributed by atoms with van der Waals surface area (Å²) in [7, 11) is 1.46. The molecule has 0 aromatic heterocycles. The minimum absolute atomic E-state index is 0.368. The van der Waals surface area contributed by atoms with Crippen LogP contribution in [0.2, 0.25) is 5.02 Å². The number of hydrogen-bond donors (Lipinski definition) is 1. The van der Waals surface area contributed by atoms with Crippen molar-refractivity contribution in [3.63, 3.8) is 0 Å². The van der Waals surface area contributed by atoms with Gasteiger partial charge >= 0.3 is 5.97 Å². The lowest BCUT2D eigenvalue weighted by atomic mass is 10.2. The van der Waals surface area contributed by atoms with E-state index in [1.165, 1.54) is 20.1 Å². The van der Waals surface area contributed by atoms with E-state index in [2.05, 4.69) is 5.32 Å². The van der Waals surface area contributed by atoms with Gasteiger partial charge < -0.3 is 19.5 Å². The van der Waals surface area contributed by atoms with E-state index in [-0.39, 0.29) is 0 Å². The Hall–Kier alpha value is -3.24. The van der Waals surface area contributed by atoms with Gasteiger partial charge in [-0.1, -0.05) is 11.6 Å². The Kier molecular flexibility index (Phi) is 7.03. The molecule has 0 saturated heterocycles. The summed E-state index contributed by atoms with van der Waals surface area (Å²) in [5, 5.41) is 11.7. The molecule has 140 valence electrons. The lowest BCUT2D eigenvalue weighted by Gasteiger charge is -2.14. The molecule has 0 heterocycles. The predicted octanol–water partition coefficient (Wildman–Crippen LogP) is 3.17. The number of nitriles is 1. The van der Waals surface area contributed by atoms with E-state index >= 15 is 0 Å². The molecule has 0 unspecified atom stereocenters. The van der Waals surface area contributed by atoms with Gasteiger partial charge in [-0.25, -0.2) is 4.79 Å². The Labute approximate surface area is 161 Å². The molecule has 2 rings (SSSR count). The zero-order valence-corrected chi connectivity index (χ0v) is 15.4. The first-order valence-corrected chi connectivity index (χ1v) is 8.27. The first kappa shape index (κ1) is 20.1. The minimum atomic E-state index is -0.925. The van der Waals surface area contributed by atoms with E-state index < -0.39 is 24.6 Å². The van der Waals surface area contributed by atoms with Crippen molar-refractivity contribution in [1.29, 1.82) is 5.26 Å². The largest absolute Gasteiger partial charge is 0.495 e. The summed E-state index contributed by atoms with van der Waals surface area (Å²) in [5.41, 5.74) is 0.846. The van der Waals surface area contributed by atoms with Crippen LogP contribution < -0.4 is 14.8 Å². The molecule has 0 saturated carbocycles. The van der Waals surface area contributed by atoms with Gasteiger partial charge in [0.15, 0.2) is 12.7 Å². The maximum Gasteiger partial charge on any atom is 0.347 e. The fraction of sp³-hybridized carbons (Fsp3) is 0.211. The molecule has 2 aromatic carbocycles. The van der Waals surface area contributed by atoms with Crippen molar-refractivity contribution in [2.45, 2.75) is 13.0 Å². The van der Waals surface area contributed by atoms with Gasteiger partial charge in [0, 0.05) is 5.02 Å². The highest BCUT2D eigenvalue weighted by Gasteiger charge is 2.18. The van der Waals surface area contributed by atoms with Crippen molar-refractivity contribution in [3.05, 3.63) is 53.1 Å². The van der Waals surface area contributed by atoms with Crippen molar-refractivity contribution in [2.75, 3.05) is 19.0 Å². The highest BCUT2D eigenvalue weighted by atomic mass is 35.5. The van der Waals surface area contributed by atoms with Crippen LogP contribution in [0.1, 0.15) is 12.5 Å². The lowest BCUT2D eigenvalue weighted by molar-refractivity contribution is -0.153. The van der Waals surface area contributed by atoms with Crippen LogP contribution in [-0.4, -0.2) is 31.7 Å². The number of hydrogen-bond acceptors (Lipinski definition) is 6. The van der Waals surface area contributed by atoms with Gasteiger partial charge in [0.05, 0.1) is 24.4 Å². The number of methoxy groups -OCH3 is 1. The van der Waals surface area contributed by atoms with Gasteiger partial charge in [0.25, 0.3) is 5.91 Å². The molecule has 0 fully saturated rings. The molecular formula is C19H17ClN2O5. The first-order chi connectivity index (χ1) is 12.9. The summed E-state index contributed by atoms with van der Waals surface area (Å²) in [6.07, 6.45) is -0.925. The monoisotopic (exact) mass is 388 g/mol. The predicted molar refractivity (Wildman–Crippen MR) is 98.8 cm³/mol. The van der Waals surface area contributed by atoms with Crippen LogP contribution in [0.5, 0.6) is 11.5 Å². The molecule has 0 aliphatic carbocycles. The van der Waals surface area contributed by atoms with Gasteiger partial charge in [-0.3, -0.25) is 4.79 Å². The molecular weight excluding hydrogens is 372 g/mol. The number of esters is 1.